The SMILES string of the molecule is O=C(Cc1ccc(OC(F)F)cc1)N1CCN(S(=O)(=O)c2ccc3c(c2)CCCC3)CC1. The summed E-state index contributed by atoms with van der Waals surface area (Å²) in [6.07, 6.45) is 4.25. The number of carbonyl (C=O) groups is 1. The number of amides is 1. The summed E-state index contributed by atoms with van der Waals surface area (Å²) in [4.78, 5) is 14.6. The van der Waals surface area contributed by atoms with E-state index in [1.807, 2.05) is 12.1 Å². The predicted molar refractivity (Wildman–Crippen MR) is 115 cm³/mol. The van der Waals surface area contributed by atoms with Crippen LogP contribution in [0.4, 0.5) is 8.78 Å². The van der Waals surface area contributed by atoms with Crippen molar-refractivity contribution in [2.75, 3.05) is 26.2 Å². The van der Waals surface area contributed by atoms with Crippen LogP contribution in [0.5, 0.6) is 5.75 Å². The summed E-state index contributed by atoms with van der Waals surface area (Å²) in [6, 6.07) is 11.4. The largest absolute Gasteiger partial charge is 0.435 e. The number of fused-ring (bicyclic) bond motifs is 1. The maximum absolute atomic E-state index is 13.1. The number of aryl methyl sites for hydroxylation is 2. The normalized spacial score (nSPS) is 17.3. The third kappa shape index (κ3) is 5.10. The van der Waals surface area contributed by atoms with Crippen molar-refractivity contribution < 1.29 is 26.7 Å². The van der Waals surface area contributed by atoms with Gasteiger partial charge >= 0.3 is 6.61 Å². The molecule has 0 aromatic heterocycles. The Morgan fingerprint density at radius 2 is 1.59 bits per heavy atom. The number of hydrogen-bond acceptors (Lipinski definition) is 4. The van der Waals surface area contributed by atoms with Crippen molar-refractivity contribution in [3.05, 3.63) is 59.2 Å². The van der Waals surface area contributed by atoms with Crippen molar-refractivity contribution >= 4 is 15.9 Å². The summed E-state index contributed by atoms with van der Waals surface area (Å²) in [7, 11) is -3.60. The van der Waals surface area contributed by atoms with E-state index in [1.54, 1.807) is 23.1 Å². The average Bonchev–Trinajstić information content (AvgIpc) is 2.79. The Labute approximate surface area is 186 Å². The Hall–Kier alpha value is -2.52. The van der Waals surface area contributed by atoms with Gasteiger partial charge in [0.25, 0.3) is 0 Å². The Morgan fingerprint density at radius 3 is 2.25 bits per heavy atom. The summed E-state index contributed by atoms with van der Waals surface area (Å²) < 4.78 is 56.4. The van der Waals surface area contributed by atoms with Crippen LogP contribution in [0.2, 0.25) is 0 Å². The van der Waals surface area contributed by atoms with Gasteiger partial charge in [0.15, 0.2) is 0 Å². The van der Waals surface area contributed by atoms with E-state index in [2.05, 4.69) is 4.74 Å². The maximum atomic E-state index is 13.1. The number of halogens is 2. The van der Waals surface area contributed by atoms with E-state index in [0.29, 0.717) is 23.5 Å². The molecule has 1 saturated heterocycles. The van der Waals surface area contributed by atoms with Gasteiger partial charge in [0, 0.05) is 26.2 Å². The van der Waals surface area contributed by atoms with Gasteiger partial charge in [-0.3, -0.25) is 4.79 Å². The zero-order chi connectivity index (χ0) is 22.7. The van der Waals surface area contributed by atoms with Gasteiger partial charge in [-0.2, -0.15) is 13.1 Å². The lowest BCUT2D eigenvalue weighted by atomic mass is 9.92. The highest BCUT2D eigenvalue weighted by Gasteiger charge is 2.30. The van der Waals surface area contributed by atoms with Gasteiger partial charge < -0.3 is 9.64 Å². The zero-order valence-electron chi connectivity index (χ0n) is 17.7. The molecule has 0 saturated carbocycles. The molecule has 2 aromatic carbocycles. The number of nitrogens with zero attached hydrogens (tertiary/aromatic N) is 2. The zero-order valence-corrected chi connectivity index (χ0v) is 18.5. The molecule has 1 aliphatic heterocycles. The number of rotatable bonds is 6. The summed E-state index contributed by atoms with van der Waals surface area (Å²) in [5.74, 6) is -0.0874. The number of piperazine rings is 1. The molecular weight excluding hydrogens is 438 g/mol. The molecule has 1 fully saturated rings. The molecular formula is C23H26F2N2O4S. The topological polar surface area (TPSA) is 66.9 Å². The van der Waals surface area contributed by atoms with Crippen LogP contribution in [0.1, 0.15) is 29.5 Å². The lowest BCUT2D eigenvalue weighted by Crippen LogP contribution is -2.50. The average molecular weight is 465 g/mol. The number of hydrogen-bond donors (Lipinski definition) is 0. The van der Waals surface area contributed by atoms with Gasteiger partial charge in [0.2, 0.25) is 15.9 Å². The molecule has 0 radical (unpaired) electrons. The predicted octanol–water partition coefficient (Wildman–Crippen LogP) is 3.24. The molecule has 2 aromatic rings. The van der Waals surface area contributed by atoms with Crippen LogP contribution in [0.3, 0.4) is 0 Å². The molecule has 172 valence electrons. The molecule has 9 heteroatoms. The molecule has 4 rings (SSSR count). The second kappa shape index (κ2) is 9.54. The first-order valence-electron chi connectivity index (χ1n) is 10.8. The standard InChI is InChI=1S/C23H26F2N2O4S/c24-23(25)31-20-8-5-17(6-9-20)15-22(28)26-11-13-27(14-12-26)32(29,30)21-10-7-18-3-1-2-4-19(18)16-21/h5-10,16,23H,1-4,11-15H2. The van der Waals surface area contributed by atoms with Crippen LogP contribution >= 0.6 is 0 Å². The van der Waals surface area contributed by atoms with E-state index in [4.69, 9.17) is 0 Å². The minimum absolute atomic E-state index is 0.0391. The maximum Gasteiger partial charge on any atom is 0.387 e. The first-order chi connectivity index (χ1) is 15.3. The van der Waals surface area contributed by atoms with Crippen molar-refractivity contribution in [2.24, 2.45) is 0 Å². The summed E-state index contributed by atoms with van der Waals surface area (Å²) >= 11 is 0. The molecule has 0 N–H and O–H groups in total. The van der Waals surface area contributed by atoms with E-state index in [9.17, 15) is 22.0 Å². The van der Waals surface area contributed by atoms with Crippen LogP contribution in [-0.4, -0.2) is 56.3 Å². The summed E-state index contributed by atoms with van der Waals surface area (Å²) in [6.45, 7) is -1.78. The third-order valence-electron chi connectivity index (χ3n) is 6.05. The number of benzene rings is 2. The fourth-order valence-corrected chi connectivity index (χ4v) is 5.75. The molecule has 6 nitrogen and oxygen atoms in total. The first kappa shape index (κ1) is 22.7. The highest BCUT2D eigenvalue weighted by molar-refractivity contribution is 7.89. The summed E-state index contributed by atoms with van der Waals surface area (Å²) in [5, 5.41) is 0. The van der Waals surface area contributed by atoms with Crippen LogP contribution in [0.25, 0.3) is 0 Å². The fourth-order valence-electron chi connectivity index (χ4n) is 4.27. The van der Waals surface area contributed by atoms with E-state index < -0.39 is 16.6 Å². The molecule has 2 aliphatic rings. The van der Waals surface area contributed by atoms with Gasteiger partial charge in [-0.1, -0.05) is 18.2 Å². The van der Waals surface area contributed by atoms with Gasteiger partial charge in [0.1, 0.15) is 5.75 Å². The first-order valence-corrected chi connectivity index (χ1v) is 12.2. The number of carbonyl (C=O) groups excluding carboxylic acids is 1. The minimum Gasteiger partial charge on any atom is -0.435 e. The molecule has 1 aliphatic carbocycles. The molecule has 0 unspecified atom stereocenters. The van der Waals surface area contributed by atoms with E-state index in [1.165, 1.54) is 22.0 Å². The number of ether oxygens (including phenoxy) is 1. The Kier molecular flexibility index (Phi) is 6.76. The molecule has 0 bridgehead atoms. The number of sulfonamides is 1. The van der Waals surface area contributed by atoms with Crippen LogP contribution in [-0.2, 0) is 34.1 Å². The third-order valence-corrected chi connectivity index (χ3v) is 7.95. The van der Waals surface area contributed by atoms with Crippen molar-refractivity contribution in [3.8, 4) is 5.75 Å². The Morgan fingerprint density at radius 1 is 0.938 bits per heavy atom. The van der Waals surface area contributed by atoms with Crippen molar-refractivity contribution in [3.63, 3.8) is 0 Å². The van der Waals surface area contributed by atoms with Gasteiger partial charge in [0.05, 0.1) is 11.3 Å². The molecule has 1 heterocycles. The van der Waals surface area contributed by atoms with Crippen LogP contribution in [0.15, 0.2) is 47.4 Å². The van der Waals surface area contributed by atoms with Gasteiger partial charge in [-0.05, 0) is 66.6 Å². The van der Waals surface area contributed by atoms with Gasteiger partial charge in [-0.25, -0.2) is 8.42 Å². The molecule has 32 heavy (non-hydrogen) atoms. The fraction of sp³-hybridized carbons (Fsp3) is 0.435. The smallest absolute Gasteiger partial charge is 0.387 e. The van der Waals surface area contributed by atoms with Crippen molar-refractivity contribution in [1.82, 2.24) is 9.21 Å². The van der Waals surface area contributed by atoms with Crippen molar-refractivity contribution in [2.45, 2.75) is 43.6 Å². The highest BCUT2D eigenvalue weighted by atomic mass is 32.2. The minimum atomic E-state index is -3.60. The lowest BCUT2D eigenvalue weighted by molar-refractivity contribution is -0.131. The molecule has 1 amide bonds. The molecule has 0 spiro atoms. The van der Waals surface area contributed by atoms with Crippen molar-refractivity contribution in [1.29, 1.82) is 0 Å². The lowest BCUT2D eigenvalue weighted by Gasteiger charge is -2.34. The number of alkyl halides is 2. The van der Waals surface area contributed by atoms with E-state index in [-0.39, 0.29) is 31.2 Å². The highest BCUT2D eigenvalue weighted by Crippen LogP contribution is 2.26. The second-order valence-corrected chi connectivity index (χ2v) is 10.1. The summed E-state index contributed by atoms with van der Waals surface area (Å²) in [5.41, 5.74) is 3.04. The molecule has 0 atom stereocenters. The van der Waals surface area contributed by atoms with Crippen LogP contribution in [0, 0.1) is 0 Å². The second-order valence-electron chi connectivity index (χ2n) is 8.12. The van der Waals surface area contributed by atoms with E-state index >= 15 is 0 Å². The quantitative estimate of drug-likeness (QED) is 0.658. The monoisotopic (exact) mass is 464 g/mol. The van der Waals surface area contributed by atoms with Crippen LogP contribution < -0.4 is 4.74 Å². The Bertz CT molecular complexity index is 1070. The van der Waals surface area contributed by atoms with E-state index in [0.717, 1.165) is 31.2 Å². The van der Waals surface area contributed by atoms with Gasteiger partial charge in [-0.15, -0.1) is 0 Å². The Balaban J connectivity index is 1.34.